The van der Waals surface area contributed by atoms with E-state index in [0.29, 0.717) is 21.4 Å². The highest BCUT2D eigenvalue weighted by atomic mass is 35.5. The number of rotatable bonds is 8. The molecule has 0 aliphatic heterocycles. The van der Waals surface area contributed by atoms with E-state index < -0.39 is 0 Å². The Labute approximate surface area is 260 Å². The van der Waals surface area contributed by atoms with Gasteiger partial charge in [0.05, 0.1) is 11.9 Å². The Balaban J connectivity index is 1.21. The van der Waals surface area contributed by atoms with Gasteiger partial charge in [-0.2, -0.15) is 5.10 Å². The Morgan fingerprint density at radius 1 is 0.860 bits per heavy atom. The first kappa shape index (κ1) is 28.3. The normalized spacial score (nSPS) is 11.2. The van der Waals surface area contributed by atoms with Gasteiger partial charge in [0, 0.05) is 38.1 Å². The van der Waals surface area contributed by atoms with Crippen LogP contribution in [0.3, 0.4) is 0 Å². The quantitative estimate of drug-likeness (QED) is 0.139. The van der Waals surface area contributed by atoms with Crippen molar-refractivity contribution in [3.05, 3.63) is 154 Å². The van der Waals surface area contributed by atoms with Crippen molar-refractivity contribution in [1.82, 2.24) is 9.99 Å². The Kier molecular flexibility index (Phi) is 8.27. The van der Waals surface area contributed by atoms with Gasteiger partial charge < -0.3 is 9.30 Å². The lowest BCUT2D eigenvalue weighted by Gasteiger charge is -2.13. The molecule has 6 rings (SSSR count). The highest BCUT2D eigenvalue weighted by Gasteiger charge is 2.12. The van der Waals surface area contributed by atoms with Crippen LogP contribution in [0.15, 0.2) is 126 Å². The highest BCUT2D eigenvalue weighted by molar-refractivity contribution is 6.35. The molecule has 0 atom stereocenters. The number of fused-ring (bicyclic) bond motifs is 1. The topological polar surface area (TPSA) is 55.6 Å². The summed E-state index contributed by atoms with van der Waals surface area (Å²) < 4.78 is 8.34. The molecule has 0 saturated heterocycles. The Hall–Kier alpha value is -4.84. The first-order valence-electron chi connectivity index (χ1n) is 13.7. The Morgan fingerprint density at radius 3 is 2.42 bits per heavy atom. The third kappa shape index (κ3) is 6.19. The second-order valence-electron chi connectivity index (χ2n) is 10.0. The van der Waals surface area contributed by atoms with Crippen molar-refractivity contribution < 1.29 is 9.53 Å². The van der Waals surface area contributed by atoms with Crippen molar-refractivity contribution in [1.29, 1.82) is 0 Å². The van der Waals surface area contributed by atoms with Gasteiger partial charge in [0.15, 0.2) is 0 Å². The third-order valence-corrected chi connectivity index (χ3v) is 7.81. The summed E-state index contributed by atoms with van der Waals surface area (Å²) in [6.07, 6.45) is 1.61. The summed E-state index contributed by atoms with van der Waals surface area (Å²) in [6.45, 7) is 2.32. The molecule has 0 aliphatic rings. The minimum atomic E-state index is -0.314. The van der Waals surface area contributed by atoms with Crippen molar-refractivity contribution in [2.45, 2.75) is 13.5 Å². The van der Waals surface area contributed by atoms with Crippen LogP contribution in [0.2, 0.25) is 10.0 Å². The van der Waals surface area contributed by atoms with Crippen molar-refractivity contribution >= 4 is 46.1 Å². The van der Waals surface area contributed by atoms with Gasteiger partial charge in [0.25, 0.3) is 5.91 Å². The number of carbonyl (C=O) groups excluding carboxylic acids is 1. The van der Waals surface area contributed by atoms with Gasteiger partial charge in [-0.3, -0.25) is 4.79 Å². The zero-order chi connectivity index (χ0) is 29.8. The Bertz CT molecular complexity index is 1950. The van der Waals surface area contributed by atoms with Crippen LogP contribution < -0.4 is 10.2 Å². The van der Waals surface area contributed by atoms with E-state index >= 15 is 0 Å². The second-order valence-corrected chi connectivity index (χ2v) is 10.9. The zero-order valence-electron chi connectivity index (χ0n) is 23.3. The molecule has 0 spiro atoms. The molecule has 0 aliphatic carbocycles. The smallest absolute Gasteiger partial charge is 0.271 e. The predicted octanol–water partition coefficient (Wildman–Crippen LogP) is 9.26. The van der Waals surface area contributed by atoms with Crippen LogP contribution in [0.1, 0.15) is 27.2 Å². The molecule has 1 aromatic heterocycles. The number of amides is 1. The number of hydrogen-bond donors (Lipinski definition) is 1. The number of hydrazone groups is 1. The van der Waals surface area contributed by atoms with Gasteiger partial charge in [-0.15, -0.1) is 0 Å². The standard InChI is InChI=1S/C36H27Cl2N3O2/c1-24-11-19-34(26-8-3-2-4-9-26)41(24)30-17-13-27(14-18-30)36(42)40-39-22-32-31-10-6-5-7-25(31)15-20-35(32)43-23-28-12-16-29(37)21-33(28)38/h2-22H,23H2,1H3,(H,40,42)/b39-22+. The van der Waals surface area contributed by atoms with Gasteiger partial charge in [-0.25, -0.2) is 5.43 Å². The van der Waals surface area contributed by atoms with Gasteiger partial charge in [0.1, 0.15) is 12.4 Å². The molecule has 0 bridgehead atoms. The van der Waals surface area contributed by atoms with Crippen molar-refractivity contribution in [2.24, 2.45) is 5.10 Å². The minimum absolute atomic E-state index is 0.251. The molecule has 5 aromatic carbocycles. The molecule has 6 aromatic rings. The maximum atomic E-state index is 13.0. The average molecular weight is 605 g/mol. The lowest BCUT2D eigenvalue weighted by molar-refractivity contribution is 0.0955. The van der Waals surface area contributed by atoms with Crippen molar-refractivity contribution in [3.8, 4) is 22.7 Å². The van der Waals surface area contributed by atoms with Crippen LogP contribution >= 0.6 is 23.2 Å². The molecule has 1 amide bonds. The van der Waals surface area contributed by atoms with Crippen LogP contribution in [0.5, 0.6) is 5.75 Å². The molecule has 0 saturated carbocycles. The molecular formula is C36H27Cl2N3O2. The van der Waals surface area contributed by atoms with Crippen molar-refractivity contribution in [2.75, 3.05) is 0 Å². The fourth-order valence-electron chi connectivity index (χ4n) is 5.03. The van der Waals surface area contributed by atoms with Crippen LogP contribution in [0.25, 0.3) is 27.7 Å². The molecule has 0 unspecified atom stereocenters. The van der Waals surface area contributed by atoms with Gasteiger partial charge in [-0.05, 0) is 77.9 Å². The largest absolute Gasteiger partial charge is 0.488 e. The summed E-state index contributed by atoms with van der Waals surface area (Å²) in [7, 11) is 0. The summed E-state index contributed by atoms with van der Waals surface area (Å²) in [5.74, 6) is 0.300. The van der Waals surface area contributed by atoms with Crippen LogP contribution in [-0.4, -0.2) is 16.7 Å². The zero-order valence-corrected chi connectivity index (χ0v) is 24.8. The molecule has 5 nitrogen and oxygen atoms in total. The number of hydrogen-bond acceptors (Lipinski definition) is 3. The third-order valence-electron chi connectivity index (χ3n) is 7.22. The second kappa shape index (κ2) is 12.6. The highest BCUT2D eigenvalue weighted by Crippen LogP contribution is 2.29. The Morgan fingerprint density at radius 2 is 1.63 bits per heavy atom. The van der Waals surface area contributed by atoms with E-state index in [1.54, 1.807) is 30.5 Å². The first-order valence-corrected chi connectivity index (χ1v) is 14.5. The number of halogens is 2. The summed E-state index contributed by atoms with van der Waals surface area (Å²) in [5, 5.41) is 7.37. The van der Waals surface area contributed by atoms with Gasteiger partial charge >= 0.3 is 0 Å². The van der Waals surface area contributed by atoms with E-state index in [9.17, 15) is 4.79 Å². The van der Waals surface area contributed by atoms with Gasteiger partial charge in [-0.1, -0.05) is 89.9 Å². The maximum absolute atomic E-state index is 13.0. The maximum Gasteiger partial charge on any atom is 0.271 e. The average Bonchev–Trinajstić information content (AvgIpc) is 3.42. The summed E-state index contributed by atoms with van der Waals surface area (Å²) >= 11 is 12.4. The number of carbonyl (C=O) groups is 1. The predicted molar refractivity (Wildman–Crippen MR) is 176 cm³/mol. The number of nitrogens with zero attached hydrogens (tertiary/aromatic N) is 2. The first-order chi connectivity index (χ1) is 21.0. The van der Waals surface area contributed by atoms with Crippen LogP contribution in [0, 0.1) is 6.92 Å². The summed E-state index contributed by atoms with van der Waals surface area (Å²) in [6, 6.07) is 39.0. The fourth-order valence-corrected chi connectivity index (χ4v) is 5.49. The van der Waals surface area contributed by atoms with Crippen molar-refractivity contribution in [3.63, 3.8) is 0 Å². The number of ether oxygens (including phenoxy) is 1. The molecule has 1 N–H and O–H groups in total. The number of aromatic nitrogens is 1. The molecule has 7 heteroatoms. The number of nitrogens with one attached hydrogen (secondary N) is 1. The van der Waals surface area contributed by atoms with E-state index in [-0.39, 0.29) is 12.5 Å². The fraction of sp³-hybridized carbons (Fsp3) is 0.0556. The molecule has 43 heavy (non-hydrogen) atoms. The van der Waals surface area contributed by atoms with E-state index in [0.717, 1.165) is 44.5 Å². The molecular weight excluding hydrogens is 577 g/mol. The monoisotopic (exact) mass is 603 g/mol. The SMILES string of the molecule is Cc1ccc(-c2ccccc2)n1-c1ccc(C(=O)N/N=C/c2c(OCc3ccc(Cl)cc3Cl)ccc3ccccc23)cc1. The number of aryl methyl sites for hydroxylation is 1. The van der Waals surface area contributed by atoms with E-state index in [1.165, 1.54) is 0 Å². The van der Waals surface area contributed by atoms with Crippen LogP contribution in [-0.2, 0) is 6.61 Å². The molecule has 0 radical (unpaired) electrons. The van der Waals surface area contributed by atoms with Gasteiger partial charge in [0.2, 0.25) is 0 Å². The molecule has 212 valence electrons. The van der Waals surface area contributed by atoms with E-state index in [1.807, 2.05) is 72.8 Å². The summed E-state index contributed by atoms with van der Waals surface area (Å²) in [5.41, 5.74) is 9.01. The summed E-state index contributed by atoms with van der Waals surface area (Å²) in [4.78, 5) is 13.0. The lowest BCUT2D eigenvalue weighted by Crippen LogP contribution is -2.17. The van der Waals surface area contributed by atoms with Crippen LogP contribution in [0.4, 0.5) is 0 Å². The lowest BCUT2D eigenvalue weighted by atomic mass is 10.0. The molecule has 1 heterocycles. The van der Waals surface area contributed by atoms with E-state index in [2.05, 4.69) is 46.3 Å². The van der Waals surface area contributed by atoms with E-state index in [4.69, 9.17) is 27.9 Å². The molecule has 0 fully saturated rings. The minimum Gasteiger partial charge on any atom is -0.488 e. The number of benzene rings is 5.